The first-order valence-corrected chi connectivity index (χ1v) is 21.6. The van der Waals surface area contributed by atoms with Gasteiger partial charge in [-0.1, -0.05) is 194 Å². The maximum atomic E-state index is 13.4. The Labute approximate surface area is 291 Å². The average molecular weight is 653 g/mol. The van der Waals surface area contributed by atoms with Gasteiger partial charge in [0.15, 0.2) is 0 Å². The van der Waals surface area contributed by atoms with E-state index >= 15 is 0 Å². The molecule has 4 nitrogen and oxygen atoms in total. The summed E-state index contributed by atoms with van der Waals surface area (Å²) in [5.41, 5.74) is 0. The van der Waals surface area contributed by atoms with Gasteiger partial charge in [0, 0.05) is 0 Å². The van der Waals surface area contributed by atoms with Gasteiger partial charge in [-0.3, -0.25) is 0 Å². The number of hydrogen-bond acceptors (Lipinski definition) is 2. The first-order chi connectivity index (χ1) is 22.4. The molecule has 0 aromatic heterocycles. The van der Waals surface area contributed by atoms with Gasteiger partial charge in [-0.25, -0.2) is 0 Å². The number of nitrogens with zero attached hydrogens (tertiary/aromatic N) is 2. The van der Waals surface area contributed by atoms with Crippen LogP contribution in [0.2, 0.25) is 0 Å². The molecule has 0 amide bonds. The van der Waals surface area contributed by atoms with Crippen LogP contribution in [-0.4, -0.2) is 48.6 Å². The molecule has 0 rings (SSSR count). The van der Waals surface area contributed by atoms with Crippen molar-refractivity contribution < 1.29 is 9.29 Å². The summed E-state index contributed by atoms with van der Waals surface area (Å²) in [5.74, 6) is 0. The summed E-state index contributed by atoms with van der Waals surface area (Å²) >= 11 is 0. The van der Waals surface area contributed by atoms with Gasteiger partial charge in [-0.15, -0.1) is 0 Å². The number of hydrogen-bond donors (Lipinski definition) is 0. The standard InChI is InChI=1S/C42H88N2O2/c1-5-9-11-13-15-17-19-21-23-25-27-29-31-33-35-37-39-43(45,7-3)41-42-44(46,8-4)40-38-36-34-32-30-28-26-24-22-20-18-16-14-12-10-6-2/h5-42H2,1-4H3. The Morgan fingerprint density at radius 3 is 0.587 bits per heavy atom. The fourth-order valence-electron chi connectivity index (χ4n) is 7.12. The van der Waals surface area contributed by atoms with Crippen LogP contribution in [0.5, 0.6) is 0 Å². The van der Waals surface area contributed by atoms with Crippen molar-refractivity contribution in [2.75, 3.05) is 39.3 Å². The molecule has 46 heavy (non-hydrogen) atoms. The Morgan fingerprint density at radius 2 is 0.413 bits per heavy atom. The maximum absolute atomic E-state index is 13.4. The fourth-order valence-corrected chi connectivity index (χ4v) is 7.12. The van der Waals surface area contributed by atoms with E-state index in [9.17, 15) is 10.4 Å². The van der Waals surface area contributed by atoms with Crippen LogP contribution < -0.4 is 0 Å². The monoisotopic (exact) mass is 653 g/mol. The molecule has 278 valence electrons. The van der Waals surface area contributed by atoms with Crippen LogP contribution in [0.3, 0.4) is 0 Å². The molecule has 0 radical (unpaired) electrons. The van der Waals surface area contributed by atoms with E-state index in [4.69, 9.17) is 0 Å². The van der Waals surface area contributed by atoms with E-state index in [2.05, 4.69) is 13.8 Å². The average Bonchev–Trinajstić information content (AvgIpc) is 3.07. The van der Waals surface area contributed by atoms with Crippen molar-refractivity contribution >= 4 is 0 Å². The van der Waals surface area contributed by atoms with Gasteiger partial charge in [-0.05, 0) is 39.5 Å². The molecule has 0 fully saturated rings. The van der Waals surface area contributed by atoms with Crippen molar-refractivity contribution in [2.24, 2.45) is 0 Å². The molecule has 0 heterocycles. The van der Waals surface area contributed by atoms with Crippen molar-refractivity contribution in [3.05, 3.63) is 10.4 Å². The molecule has 0 saturated heterocycles. The minimum Gasteiger partial charge on any atom is -0.633 e. The number of quaternary nitrogens is 2. The second kappa shape index (κ2) is 34.7. The van der Waals surface area contributed by atoms with Gasteiger partial charge < -0.3 is 19.7 Å². The lowest BCUT2D eigenvalue weighted by atomic mass is 10.0. The van der Waals surface area contributed by atoms with Crippen LogP contribution in [0.4, 0.5) is 0 Å². The van der Waals surface area contributed by atoms with E-state index in [1.807, 2.05) is 13.8 Å². The van der Waals surface area contributed by atoms with Gasteiger partial charge >= 0.3 is 0 Å². The number of unbranched alkanes of at least 4 members (excludes halogenated alkanes) is 30. The normalized spacial score (nSPS) is 14.5. The van der Waals surface area contributed by atoms with E-state index in [0.29, 0.717) is 39.3 Å². The Hall–Kier alpha value is -0.160. The van der Waals surface area contributed by atoms with Crippen LogP contribution in [0.15, 0.2) is 0 Å². The molecule has 0 N–H and O–H groups in total. The Balaban J connectivity index is 3.73. The lowest BCUT2D eigenvalue weighted by Gasteiger charge is -2.48. The highest BCUT2D eigenvalue weighted by Gasteiger charge is 2.21. The molecular weight excluding hydrogens is 564 g/mol. The predicted molar refractivity (Wildman–Crippen MR) is 207 cm³/mol. The van der Waals surface area contributed by atoms with Crippen LogP contribution in [-0.2, 0) is 0 Å². The Morgan fingerprint density at radius 1 is 0.239 bits per heavy atom. The highest BCUT2D eigenvalue weighted by molar-refractivity contribution is 4.54. The number of hydroxylamine groups is 6. The summed E-state index contributed by atoms with van der Waals surface area (Å²) in [5, 5.41) is 26.8. The summed E-state index contributed by atoms with van der Waals surface area (Å²) in [7, 11) is 0. The number of likely N-dealkylation sites (N-methyl/N-ethyl adjacent to an activating group) is 2. The molecule has 0 saturated carbocycles. The third-order valence-corrected chi connectivity index (χ3v) is 10.9. The van der Waals surface area contributed by atoms with Crippen molar-refractivity contribution in [1.82, 2.24) is 0 Å². The zero-order valence-electron chi connectivity index (χ0n) is 32.6. The van der Waals surface area contributed by atoms with Gasteiger partial charge in [-0.2, -0.15) is 0 Å². The van der Waals surface area contributed by atoms with Crippen LogP contribution in [0.25, 0.3) is 0 Å². The van der Waals surface area contributed by atoms with E-state index in [1.165, 1.54) is 193 Å². The van der Waals surface area contributed by atoms with Gasteiger partial charge in [0.2, 0.25) is 0 Å². The largest absolute Gasteiger partial charge is 0.633 e. The molecule has 0 bridgehead atoms. The molecule has 0 aliphatic rings. The van der Waals surface area contributed by atoms with Crippen molar-refractivity contribution in [3.63, 3.8) is 0 Å². The van der Waals surface area contributed by atoms with Gasteiger partial charge in [0.1, 0.15) is 13.1 Å². The van der Waals surface area contributed by atoms with Crippen LogP contribution in [0.1, 0.15) is 233 Å². The zero-order valence-corrected chi connectivity index (χ0v) is 32.6. The minimum absolute atomic E-state index is 0.167. The summed E-state index contributed by atoms with van der Waals surface area (Å²) < 4.78 is -0.334. The second-order valence-corrected chi connectivity index (χ2v) is 15.2. The third kappa shape index (κ3) is 31.1. The summed E-state index contributed by atoms with van der Waals surface area (Å²) in [6, 6.07) is 0. The first kappa shape index (κ1) is 45.8. The van der Waals surface area contributed by atoms with Crippen LogP contribution >= 0.6 is 0 Å². The third-order valence-electron chi connectivity index (χ3n) is 10.9. The highest BCUT2D eigenvalue weighted by Crippen LogP contribution is 2.18. The van der Waals surface area contributed by atoms with Crippen molar-refractivity contribution in [2.45, 2.75) is 233 Å². The predicted octanol–water partition coefficient (Wildman–Crippen LogP) is 14.2. The number of rotatable bonds is 39. The summed E-state index contributed by atoms with van der Waals surface area (Å²) in [4.78, 5) is 0. The molecule has 0 aliphatic carbocycles. The highest BCUT2D eigenvalue weighted by atomic mass is 16.6. The Bertz CT molecular complexity index is 538. The lowest BCUT2D eigenvalue weighted by molar-refractivity contribution is -0.934. The fraction of sp³-hybridized carbons (Fsp3) is 1.00. The van der Waals surface area contributed by atoms with Crippen molar-refractivity contribution in [1.29, 1.82) is 0 Å². The van der Waals surface area contributed by atoms with Crippen molar-refractivity contribution in [3.8, 4) is 0 Å². The maximum Gasteiger partial charge on any atom is 0.128 e. The summed E-state index contributed by atoms with van der Waals surface area (Å²) in [6.07, 6.45) is 43.4. The topological polar surface area (TPSA) is 46.1 Å². The van der Waals surface area contributed by atoms with Gasteiger partial charge in [0.25, 0.3) is 0 Å². The second-order valence-electron chi connectivity index (χ2n) is 15.2. The molecule has 0 aromatic rings. The van der Waals surface area contributed by atoms with E-state index in [0.717, 1.165) is 12.8 Å². The van der Waals surface area contributed by atoms with E-state index < -0.39 is 0 Å². The molecule has 0 aliphatic heterocycles. The zero-order chi connectivity index (χ0) is 33.9. The molecule has 0 aromatic carbocycles. The molecule has 4 heteroatoms. The molecule has 0 spiro atoms. The van der Waals surface area contributed by atoms with Gasteiger partial charge in [0.05, 0.1) is 26.2 Å². The Kier molecular flexibility index (Phi) is 34.6. The SMILES string of the molecule is CCCCCCCCCCCCCCCCCC[N+]([O-])(CC)CC[N+]([O-])(CC)CCCCCCCCCCCCCCCCCC. The first-order valence-electron chi connectivity index (χ1n) is 21.6. The molecular formula is C42H88N2O2. The van der Waals surface area contributed by atoms with E-state index in [1.54, 1.807) is 0 Å². The summed E-state index contributed by atoms with van der Waals surface area (Å²) in [6.45, 7) is 12.2. The molecule has 2 atom stereocenters. The smallest absolute Gasteiger partial charge is 0.128 e. The lowest BCUT2D eigenvalue weighted by Crippen LogP contribution is -2.53. The van der Waals surface area contributed by atoms with Crippen LogP contribution in [0, 0.1) is 10.4 Å². The van der Waals surface area contributed by atoms with E-state index in [-0.39, 0.29) is 9.29 Å². The molecule has 2 unspecified atom stereocenters. The minimum atomic E-state index is -0.167. The quantitative estimate of drug-likeness (QED) is 0.0377.